The number of amides is 1. The van der Waals surface area contributed by atoms with Crippen LogP contribution in [0.2, 0.25) is 5.02 Å². The van der Waals surface area contributed by atoms with Gasteiger partial charge in [-0.25, -0.2) is 0 Å². The van der Waals surface area contributed by atoms with Crippen LogP contribution < -0.4 is 0 Å². The van der Waals surface area contributed by atoms with Crippen LogP contribution in [0.4, 0.5) is 0 Å². The summed E-state index contributed by atoms with van der Waals surface area (Å²) in [6, 6.07) is 11.5. The zero-order chi connectivity index (χ0) is 21.2. The lowest BCUT2D eigenvalue weighted by Crippen LogP contribution is -2.63. The second-order valence-electron chi connectivity index (χ2n) is 9.24. The van der Waals surface area contributed by atoms with Crippen LogP contribution in [0.3, 0.4) is 0 Å². The third-order valence-corrected chi connectivity index (χ3v) is 7.07. The zero-order valence-corrected chi connectivity index (χ0v) is 18.1. The molecule has 0 N–H and O–H groups in total. The highest BCUT2D eigenvalue weighted by atomic mass is 35.5. The minimum absolute atomic E-state index is 0.0277. The van der Waals surface area contributed by atoms with Crippen LogP contribution in [0.15, 0.2) is 42.6 Å². The Morgan fingerprint density at radius 1 is 1.13 bits per heavy atom. The molecule has 0 atom stereocenters. The smallest absolute Gasteiger partial charge is 0.272 e. The number of rotatable bonds is 2. The predicted molar refractivity (Wildman–Crippen MR) is 116 cm³/mol. The number of pyridine rings is 1. The second kappa shape index (κ2) is 6.87. The molecule has 0 unspecified atom stereocenters. The summed E-state index contributed by atoms with van der Waals surface area (Å²) >= 11 is 6.27. The fourth-order valence-corrected chi connectivity index (χ4v) is 5.63. The average Bonchev–Trinajstić information content (AvgIpc) is 3.03. The number of fused-ring (bicyclic) bond motifs is 3. The lowest BCUT2D eigenvalue weighted by Gasteiger charge is -2.58. The van der Waals surface area contributed by atoms with Gasteiger partial charge in [-0.15, -0.1) is 10.2 Å². The van der Waals surface area contributed by atoms with Crippen molar-refractivity contribution >= 4 is 17.5 Å². The maximum atomic E-state index is 12.6. The molecular formula is C23H23ClN6O. The van der Waals surface area contributed by atoms with Gasteiger partial charge in [0.2, 0.25) is 0 Å². The van der Waals surface area contributed by atoms with Crippen LogP contribution in [0.5, 0.6) is 0 Å². The number of likely N-dealkylation sites (tertiary alicyclic amines) is 1. The van der Waals surface area contributed by atoms with E-state index >= 15 is 0 Å². The van der Waals surface area contributed by atoms with Gasteiger partial charge >= 0.3 is 0 Å². The fraction of sp³-hybridized carbons (Fsp3) is 0.391. The average molecular weight is 435 g/mol. The Hall–Kier alpha value is -2.77. The van der Waals surface area contributed by atoms with Crippen molar-refractivity contribution in [3.8, 4) is 5.69 Å². The molecule has 6 rings (SSSR count). The molecule has 1 aromatic carbocycles. The number of carbonyl (C=O) groups is 1. The van der Waals surface area contributed by atoms with Crippen molar-refractivity contribution in [3.63, 3.8) is 0 Å². The van der Waals surface area contributed by atoms with Crippen molar-refractivity contribution in [1.29, 1.82) is 0 Å². The van der Waals surface area contributed by atoms with Crippen molar-refractivity contribution in [3.05, 3.63) is 70.5 Å². The maximum Gasteiger partial charge on any atom is 0.272 e. The van der Waals surface area contributed by atoms with Crippen molar-refractivity contribution in [2.75, 3.05) is 20.1 Å². The van der Waals surface area contributed by atoms with Crippen LogP contribution in [0, 0.1) is 5.41 Å². The van der Waals surface area contributed by atoms with Gasteiger partial charge in [0.25, 0.3) is 5.91 Å². The highest BCUT2D eigenvalue weighted by Gasteiger charge is 2.55. The molecular weight excluding hydrogens is 412 g/mol. The lowest BCUT2D eigenvalue weighted by molar-refractivity contribution is -0.0575. The molecule has 31 heavy (non-hydrogen) atoms. The van der Waals surface area contributed by atoms with Crippen LogP contribution in [-0.2, 0) is 13.1 Å². The molecule has 1 saturated heterocycles. The van der Waals surface area contributed by atoms with Gasteiger partial charge in [0.1, 0.15) is 11.5 Å². The van der Waals surface area contributed by atoms with E-state index in [2.05, 4.69) is 37.8 Å². The van der Waals surface area contributed by atoms with Gasteiger partial charge in [0.05, 0.1) is 12.2 Å². The van der Waals surface area contributed by atoms with Crippen molar-refractivity contribution in [2.45, 2.75) is 31.8 Å². The second-order valence-corrected chi connectivity index (χ2v) is 9.67. The number of benzene rings is 1. The first-order valence-electron chi connectivity index (χ1n) is 10.6. The number of aromatic nitrogens is 4. The van der Waals surface area contributed by atoms with Crippen molar-refractivity contribution < 1.29 is 4.79 Å². The molecule has 3 aromatic rings. The summed E-state index contributed by atoms with van der Waals surface area (Å²) in [5, 5.41) is 9.89. The number of nitrogens with zero attached hydrogens (tertiary/aromatic N) is 6. The summed E-state index contributed by atoms with van der Waals surface area (Å²) in [7, 11) is 2.09. The summed E-state index contributed by atoms with van der Waals surface area (Å²) in [5.74, 6) is 2.40. The van der Waals surface area contributed by atoms with E-state index in [-0.39, 0.29) is 11.3 Å². The summed E-state index contributed by atoms with van der Waals surface area (Å²) < 4.78 is 2.24. The molecule has 0 bridgehead atoms. The SMILES string of the molecule is CN1Cc2cc(Cl)ccc2-n2c(nnc2C2CC3(C2)CN(C(=O)c2ccccn2)C3)C1. The molecule has 1 saturated carbocycles. The first kappa shape index (κ1) is 19.0. The molecule has 1 aliphatic carbocycles. The monoisotopic (exact) mass is 434 g/mol. The van der Waals surface area contributed by atoms with E-state index in [1.165, 1.54) is 5.56 Å². The van der Waals surface area contributed by atoms with Gasteiger partial charge in [0, 0.05) is 42.2 Å². The molecule has 158 valence electrons. The number of hydrogen-bond acceptors (Lipinski definition) is 5. The van der Waals surface area contributed by atoms with Gasteiger partial charge in [-0.1, -0.05) is 17.7 Å². The van der Waals surface area contributed by atoms with Crippen LogP contribution >= 0.6 is 11.6 Å². The summed E-state index contributed by atoms with van der Waals surface area (Å²) in [6.07, 6.45) is 3.74. The van der Waals surface area contributed by atoms with Crippen LogP contribution in [0.1, 0.15) is 46.5 Å². The van der Waals surface area contributed by atoms with E-state index in [0.29, 0.717) is 11.6 Å². The number of carbonyl (C=O) groups excluding carboxylic acids is 1. The van der Waals surface area contributed by atoms with E-state index in [9.17, 15) is 4.79 Å². The summed E-state index contributed by atoms with van der Waals surface area (Å²) in [6.45, 7) is 3.19. The summed E-state index contributed by atoms with van der Waals surface area (Å²) in [5.41, 5.74) is 3.06. The first-order valence-corrected chi connectivity index (χ1v) is 11.0. The third-order valence-electron chi connectivity index (χ3n) is 6.84. The minimum atomic E-state index is 0.0277. The molecule has 1 amide bonds. The molecule has 4 heterocycles. The van der Waals surface area contributed by atoms with Crippen molar-refractivity contribution in [2.24, 2.45) is 5.41 Å². The Balaban J connectivity index is 1.21. The van der Waals surface area contributed by atoms with Gasteiger partial charge in [0.15, 0.2) is 5.82 Å². The Morgan fingerprint density at radius 3 is 2.74 bits per heavy atom. The van der Waals surface area contributed by atoms with E-state index < -0.39 is 0 Å². The fourth-order valence-electron chi connectivity index (χ4n) is 5.43. The van der Waals surface area contributed by atoms with Crippen LogP contribution in [-0.4, -0.2) is 55.6 Å². The Morgan fingerprint density at radius 2 is 1.97 bits per heavy atom. The normalized spacial score (nSPS) is 19.9. The van der Waals surface area contributed by atoms with Gasteiger partial charge in [-0.05, 0) is 55.8 Å². The molecule has 2 aliphatic heterocycles. The summed E-state index contributed by atoms with van der Waals surface area (Å²) in [4.78, 5) is 21.0. The predicted octanol–water partition coefficient (Wildman–Crippen LogP) is 3.28. The van der Waals surface area contributed by atoms with Crippen LogP contribution in [0.25, 0.3) is 5.69 Å². The quantitative estimate of drug-likeness (QED) is 0.619. The zero-order valence-electron chi connectivity index (χ0n) is 17.3. The molecule has 2 fully saturated rings. The first-order chi connectivity index (χ1) is 15.0. The van der Waals surface area contributed by atoms with E-state index in [4.69, 9.17) is 11.6 Å². The Labute approximate surface area is 185 Å². The molecule has 2 aromatic heterocycles. The Bertz CT molecular complexity index is 1160. The van der Waals surface area contributed by atoms with E-state index in [1.54, 1.807) is 12.3 Å². The van der Waals surface area contributed by atoms with Gasteiger partial charge in [-0.3, -0.25) is 19.2 Å². The lowest BCUT2D eigenvalue weighted by atomic mass is 9.57. The van der Waals surface area contributed by atoms with E-state index in [0.717, 1.165) is 61.4 Å². The standard InChI is InChI=1S/C23H23ClN6O/c1-28-11-15-8-17(24)5-6-19(15)30-20(12-28)26-27-21(30)16-9-23(10-16)13-29(14-23)22(31)18-4-2-3-7-25-18/h2-8,16H,9-14H2,1H3. The highest BCUT2D eigenvalue weighted by Crippen LogP contribution is 2.56. The molecule has 3 aliphatic rings. The largest absolute Gasteiger partial charge is 0.336 e. The van der Waals surface area contributed by atoms with Crippen molar-refractivity contribution in [1.82, 2.24) is 29.5 Å². The maximum absolute atomic E-state index is 12.6. The van der Waals surface area contributed by atoms with Gasteiger partial charge < -0.3 is 4.90 Å². The number of hydrogen-bond donors (Lipinski definition) is 0. The minimum Gasteiger partial charge on any atom is -0.336 e. The third kappa shape index (κ3) is 3.06. The molecule has 7 nitrogen and oxygen atoms in total. The highest BCUT2D eigenvalue weighted by molar-refractivity contribution is 6.30. The number of halogens is 1. The molecule has 0 radical (unpaired) electrons. The van der Waals surface area contributed by atoms with E-state index in [1.807, 2.05) is 29.2 Å². The Kier molecular flexibility index (Phi) is 4.20. The topological polar surface area (TPSA) is 67.2 Å². The van der Waals surface area contributed by atoms with Gasteiger partial charge in [-0.2, -0.15) is 0 Å². The molecule has 8 heteroatoms. The molecule has 1 spiro atoms.